The first-order valence-corrected chi connectivity index (χ1v) is 0.914. The minimum absolute atomic E-state index is 0.194. The van der Waals surface area contributed by atoms with E-state index in [0.29, 0.717) is 0 Å². The SMILES string of the molecule is FNC(F)F. The first kappa shape index (κ1) is 4.75. The molecular formula is CH2F3N. The molecule has 0 radical (unpaired) electrons. The third kappa shape index (κ3) is 3.75. The van der Waals surface area contributed by atoms with Crippen molar-refractivity contribution in [3.05, 3.63) is 0 Å². The van der Waals surface area contributed by atoms with E-state index in [1.165, 1.54) is 0 Å². The Morgan fingerprint density at radius 1 is 1.40 bits per heavy atom. The van der Waals surface area contributed by atoms with Crippen molar-refractivity contribution >= 4 is 0 Å². The summed E-state index contributed by atoms with van der Waals surface area (Å²) in [6.07, 6.45) is 0. The summed E-state index contributed by atoms with van der Waals surface area (Å²) < 4.78 is 30.7. The fourth-order valence-electron chi connectivity index (χ4n) is 0. The van der Waals surface area contributed by atoms with Crippen LogP contribution in [0.1, 0.15) is 0 Å². The molecular weight excluding hydrogens is 83.0 g/mol. The van der Waals surface area contributed by atoms with Crippen molar-refractivity contribution in [2.24, 2.45) is 0 Å². The van der Waals surface area contributed by atoms with Crippen molar-refractivity contribution in [1.29, 1.82) is 0 Å². The molecule has 0 spiro atoms. The predicted molar refractivity (Wildman–Crippen MR) is 10.2 cm³/mol. The Bertz CT molecular complexity index is 20.9. The zero-order chi connectivity index (χ0) is 4.28. The number of nitrogens with one attached hydrogen (secondary N) is 1. The molecule has 0 aromatic heterocycles. The predicted octanol–water partition coefficient (Wildman–Crippen LogP) is 0.683. The molecule has 0 aliphatic rings. The van der Waals surface area contributed by atoms with Gasteiger partial charge in [-0.05, 0) is 0 Å². The second-order valence-electron chi connectivity index (χ2n) is 0.410. The molecule has 0 amide bonds. The van der Waals surface area contributed by atoms with Gasteiger partial charge in [0.05, 0.1) is 0 Å². The number of rotatable bonds is 1. The molecule has 0 unspecified atom stereocenters. The molecule has 0 rings (SSSR count). The summed E-state index contributed by atoms with van der Waals surface area (Å²) >= 11 is 0. The Morgan fingerprint density at radius 2 is 1.60 bits per heavy atom. The number of alkyl halides is 2. The summed E-state index contributed by atoms with van der Waals surface area (Å²) in [6.45, 7) is -3.03. The second kappa shape index (κ2) is 2.02. The van der Waals surface area contributed by atoms with Crippen LogP contribution in [0.4, 0.5) is 13.3 Å². The van der Waals surface area contributed by atoms with Gasteiger partial charge in [0.2, 0.25) is 0 Å². The van der Waals surface area contributed by atoms with Crippen molar-refractivity contribution in [3.63, 3.8) is 0 Å². The lowest BCUT2D eigenvalue weighted by molar-refractivity contribution is 0.0366. The maximum absolute atomic E-state index is 10.3. The lowest BCUT2D eigenvalue weighted by Crippen LogP contribution is -2.06. The average Bonchev–Trinajstić information content (AvgIpc) is 1.38. The van der Waals surface area contributed by atoms with Crippen LogP contribution in [0.3, 0.4) is 0 Å². The number of hydrogen-bond donors (Lipinski definition) is 1. The quantitative estimate of drug-likeness (QED) is 0.364. The van der Waals surface area contributed by atoms with Gasteiger partial charge in [0, 0.05) is 0 Å². The van der Waals surface area contributed by atoms with E-state index in [9.17, 15) is 13.3 Å². The first-order valence-electron chi connectivity index (χ1n) is 0.914. The smallest absolute Gasteiger partial charge is 0.190 e. The Labute approximate surface area is 26.7 Å². The Kier molecular flexibility index (Phi) is 1.92. The molecule has 0 heterocycles. The molecule has 0 atom stereocenters. The van der Waals surface area contributed by atoms with Crippen LogP contribution in [0.15, 0.2) is 0 Å². The van der Waals surface area contributed by atoms with E-state index in [0.717, 1.165) is 0 Å². The molecule has 1 N–H and O–H groups in total. The molecule has 32 valence electrons. The molecule has 4 heteroatoms. The van der Waals surface area contributed by atoms with Gasteiger partial charge in [-0.15, -0.1) is 4.48 Å². The third-order valence-electron chi connectivity index (χ3n) is 0.0825. The fourth-order valence-corrected chi connectivity index (χ4v) is 0. The fraction of sp³-hybridized carbons (Fsp3) is 1.00. The Balaban J connectivity index is 2.54. The maximum Gasteiger partial charge on any atom is 0.317 e. The van der Waals surface area contributed by atoms with Crippen LogP contribution in [0.5, 0.6) is 0 Å². The van der Waals surface area contributed by atoms with Gasteiger partial charge in [0.25, 0.3) is 0 Å². The van der Waals surface area contributed by atoms with E-state index in [4.69, 9.17) is 0 Å². The van der Waals surface area contributed by atoms with Gasteiger partial charge in [-0.3, -0.25) is 0 Å². The molecule has 0 aliphatic carbocycles. The first-order chi connectivity index (χ1) is 2.27. The minimum Gasteiger partial charge on any atom is -0.190 e. The molecule has 0 bridgehead atoms. The summed E-state index contributed by atoms with van der Waals surface area (Å²) in [4.78, 5) is 0. The van der Waals surface area contributed by atoms with Crippen molar-refractivity contribution in [2.45, 2.75) is 6.55 Å². The standard InChI is InChI=1S/CH2F3N/c2-1(3)5-4/h1,5H. The summed E-state index contributed by atoms with van der Waals surface area (Å²) in [5.41, 5.74) is 0.194. The highest BCUT2D eigenvalue weighted by molar-refractivity contribution is 4.06. The van der Waals surface area contributed by atoms with E-state index in [-0.39, 0.29) is 5.54 Å². The zero-order valence-electron chi connectivity index (χ0n) is 2.21. The molecule has 0 saturated heterocycles. The number of hydrogen-bond acceptors (Lipinski definition) is 1. The highest BCUT2D eigenvalue weighted by Gasteiger charge is 1.92. The lowest BCUT2D eigenvalue weighted by Gasteiger charge is -1.81. The van der Waals surface area contributed by atoms with Crippen molar-refractivity contribution < 1.29 is 13.3 Å². The molecule has 0 fully saturated rings. The van der Waals surface area contributed by atoms with Gasteiger partial charge in [-0.1, -0.05) is 5.54 Å². The van der Waals surface area contributed by atoms with Gasteiger partial charge in [0.15, 0.2) is 0 Å². The maximum atomic E-state index is 10.3. The monoisotopic (exact) mass is 85.0 g/mol. The van der Waals surface area contributed by atoms with Gasteiger partial charge in [-0.25, -0.2) is 0 Å². The molecule has 0 aliphatic heterocycles. The average molecular weight is 85.0 g/mol. The number of halogens is 3. The topological polar surface area (TPSA) is 12.0 Å². The Morgan fingerprint density at radius 3 is 1.60 bits per heavy atom. The molecule has 0 saturated carbocycles. The normalized spacial score (nSPS) is 9.60. The van der Waals surface area contributed by atoms with Crippen LogP contribution in [-0.2, 0) is 0 Å². The molecule has 0 aromatic rings. The van der Waals surface area contributed by atoms with Crippen LogP contribution in [0.2, 0.25) is 0 Å². The third-order valence-corrected chi connectivity index (χ3v) is 0.0825. The van der Waals surface area contributed by atoms with Gasteiger partial charge in [-0.2, -0.15) is 8.78 Å². The molecule has 1 nitrogen and oxygen atoms in total. The van der Waals surface area contributed by atoms with Gasteiger partial charge in [0.1, 0.15) is 0 Å². The largest absolute Gasteiger partial charge is 0.317 e. The Hall–Kier alpha value is -0.250. The van der Waals surface area contributed by atoms with E-state index in [1.807, 2.05) is 0 Å². The summed E-state index contributed by atoms with van der Waals surface area (Å²) in [7, 11) is 0. The van der Waals surface area contributed by atoms with Crippen LogP contribution in [-0.4, -0.2) is 6.55 Å². The zero-order valence-corrected chi connectivity index (χ0v) is 2.21. The van der Waals surface area contributed by atoms with Crippen molar-refractivity contribution in [1.82, 2.24) is 5.54 Å². The molecule has 0 aromatic carbocycles. The second-order valence-corrected chi connectivity index (χ2v) is 0.410. The molecule has 5 heavy (non-hydrogen) atoms. The van der Waals surface area contributed by atoms with Crippen molar-refractivity contribution in [3.8, 4) is 0 Å². The van der Waals surface area contributed by atoms with E-state index >= 15 is 0 Å². The van der Waals surface area contributed by atoms with E-state index in [2.05, 4.69) is 0 Å². The lowest BCUT2D eigenvalue weighted by atomic mass is 11.4. The van der Waals surface area contributed by atoms with Crippen LogP contribution >= 0.6 is 0 Å². The van der Waals surface area contributed by atoms with E-state index < -0.39 is 6.55 Å². The van der Waals surface area contributed by atoms with Crippen molar-refractivity contribution in [2.75, 3.05) is 0 Å². The van der Waals surface area contributed by atoms with Gasteiger partial charge < -0.3 is 0 Å². The van der Waals surface area contributed by atoms with Crippen LogP contribution in [0.25, 0.3) is 0 Å². The summed E-state index contributed by atoms with van der Waals surface area (Å²) in [5.74, 6) is 0. The van der Waals surface area contributed by atoms with E-state index in [1.54, 1.807) is 0 Å². The van der Waals surface area contributed by atoms with Crippen LogP contribution < -0.4 is 5.54 Å². The van der Waals surface area contributed by atoms with Crippen LogP contribution in [0, 0.1) is 0 Å². The highest BCUT2D eigenvalue weighted by Crippen LogP contribution is 1.80. The van der Waals surface area contributed by atoms with Gasteiger partial charge >= 0.3 is 6.55 Å². The summed E-state index contributed by atoms with van der Waals surface area (Å²) in [5, 5.41) is 0. The highest BCUT2D eigenvalue weighted by atomic mass is 19.3. The minimum atomic E-state index is -3.03. The summed E-state index contributed by atoms with van der Waals surface area (Å²) in [6, 6.07) is 0.